The molecule has 0 aliphatic heterocycles. The van der Waals surface area contributed by atoms with Gasteiger partial charge in [0.1, 0.15) is 0 Å². The van der Waals surface area contributed by atoms with Gasteiger partial charge in [-0.2, -0.15) is 13.2 Å². The molecule has 24 heavy (non-hydrogen) atoms. The van der Waals surface area contributed by atoms with Crippen molar-refractivity contribution in [2.24, 2.45) is 0 Å². The van der Waals surface area contributed by atoms with E-state index in [1.54, 1.807) is 0 Å². The van der Waals surface area contributed by atoms with Gasteiger partial charge in [-0.05, 0) is 61.7 Å². The highest BCUT2D eigenvalue weighted by Gasteiger charge is 2.33. The van der Waals surface area contributed by atoms with Crippen LogP contribution in [0.1, 0.15) is 11.1 Å². The summed E-state index contributed by atoms with van der Waals surface area (Å²) in [7, 11) is 0. The van der Waals surface area contributed by atoms with Crippen LogP contribution in [0.15, 0.2) is 39.3 Å². The van der Waals surface area contributed by atoms with Gasteiger partial charge in [0.05, 0.1) is 26.0 Å². The Bertz CT molecular complexity index is 773. The zero-order valence-corrected chi connectivity index (χ0v) is 14.8. The summed E-state index contributed by atoms with van der Waals surface area (Å²) < 4.78 is 44.3. The minimum atomic E-state index is -4.70. The molecular weight excluding hydrogens is 463 g/mol. The fourth-order valence-electron chi connectivity index (χ4n) is 1.83. The standard InChI is InChI=1S/C14H8Br2F3NO4/c15-9-3-7(6-21)4-10(16)13(9)24-12-2-1-8(14(17,18)19)5-11(12)20(22)23/h1-5,21H,6H2. The summed E-state index contributed by atoms with van der Waals surface area (Å²) in [5, 5.41) is 20.2. The number of rotatable bonds is 4. The number of ether oxygens (including phenoxy) is 1. The highest BCUT2D eigenvalue weighted by Crippen LogP contribution is 2.42. The monoisotopic (exact) mass is 469 g/mol. The fraction of sp³-hybridized carbons (Fsp3) is 0.143. The number of halogens is 5. The van der Waals surface area contributed by atoms with Gasteiger partial charge < -0.3 is 9.84 Å². The molecule has 2 aromatic carbocycles. The number of benzene rings is 2. The molecule has 0 saturated heterocycles. The van der Waals surface area contributed by atoms with Crippen molar-refractivity contribution in [3.05, 3.63) is 60.5 Å². The lowest BCUT2D eigenvalue weighted by molar-refractivity contribution is -0.385. The second-order valence-corrected chi connectivity index (χ2v) is 6.29. The molecule has 0 heterocycles. The van der Waals surface area contributed by atoms with Crippen LogP contribution in [0.25, 0.3) is 0 Å². The molecule has 0 aromatic heterocycles. The number of nitrogens with zero attached hydrogens (tertiary/aromatic N) is 1. The first kappa shape index (κ1) is 18.7. The molecule has 2 rings (SSSR count). The molecule has 0 aliphatic rings. The summed E-state index contributed by atoms with van der Waals surface area (Å²) in [4.78, 5) is 10.1. The average Bonchev–Trinajstić information content (AvgIpc) is 2.49. The van der Waals surface area contributed by atoms with Crippen molar-refractivity contribution in [2.45, 2.75) is 12.8 Å². The van der Waals surface area contributed by atoms with Gasteiger partial charge in [-0.1, -0.05) is 0 Å². The van der Waals surface area contributed by atoms with E-state index in [-0.39, 0.29) is 18.1 Å². The molecule has 0 atom stereocenters. The lowest BCUT2D eigenvalue weighted by Crippen LogP contribution is -2.06. The third kappa shape index (κ3) is 4.05. The van der Waals surface area contributed by atoms with Crippen LogP contribution in [-0.4, -0.2) is 10.0 Å². The van der Waals surface area contributed by atoms with Crippen LogP contribution < -0.4 is 4.74 Å². The van der Waals surface area contributed by atoms with Crippen LogP contribution in [0.2, 0.25) is 0 Å². The van der Waals surface area contributed by atoms with E-state index in [2.05, 4.69) is 31.9 Å². The molecule has 128 valence electrons. The Balaban J connectivity index is 2.49. The number of alkyl halides is 3. The van der Waals surface area contributed by atoms with E-state index >= 15 is 0 Å². The summed E-state index contributed by atoms with van der Waals surface area (Å²) in [6.45, 7) is -0.238. The molecule has 2 aromatic rings. The first-order valence-corrected chi connectivity index (χ1v) is 7.84. The SMILES string of the molecule is O=[N+]([O-])c1cc(C(F)(F)F)ccc1Oc1c(Br)cc(CO)cc1Br. The molecule has 0 spiro atoms. The van der Waals surface area contributed by atoms with Crippen LogP contribution in [0.3, 0.4) is 0 Å². The van der Waals surface area contributed by atoms with E-state index < -0.39 is 22.4 Å². The highest BCUT2D eigenvalue weighted by molar-refractivity contribution is 9.11. The van der Waals surface area contributed by atoms with Gasteiger partial charge in [-0.25, -0.2) is 0 Å². The van der Waals surface area contributed by atoms with Gasteiger partial charge in [0.25, 0.3) is 0 Å². The molecule has 0 radical (unpaired) electrons. The van der Waals surface area contributed by atoms with Crippen molar-refractivity contribution >= 4 is 37.5 Å². The van der Waals surface area contributed by atoms with Crippen molar-refractivity contribution in [2.75, 3.05) is 0 Å². The number of nitro benzene ring substituents is 1. The Morgan fingerprint density at radius 3 is 2.21 bits per heavy atom. The fourth-order valence-corrected chi connectivity index (χ4v) is 3.28. The molecule has 0 amide bonds. The van der Waals surface area contributed by atoms with Gasteiger partial charge in [0.2, 0.25) is 5.75 Å². The maximum absolute atomic E-state index is 12.7. The molecule has 0 bridgehead atoms. The summed E-state index contributed by atoms with van der Waals surface area (Å²) >= 11 is 6.38. The zero-order valence-electron chi connectivity index (χ0n) is 11.6. The smallest absolute Gasteiger partial charge is 0.416 e. The summed E-state index contributed by atoms with van der Waals surface area (Å²) in [6, 6.07) is 5.05. The largest absolute Gasteiger partial charge is 0.448 e. The van der Waals surface area contributed by atoms with E-state index in [9.17, 15) is 23.3 Å². The Kier molecular flexibility index (Phi) is 5.51. The number of aliphatic hydroxyl groups excluding tert-OH is 1. The number of hydrogen-bond donors (Lipinski definition) is 1. The second kappa shape index (κ2) is 7.08. The highest BCUT2D eigenvalue weighted by atomic mass is 79.9. The molecule has 0 fully saturated rings. The van der Waals surface area contributed by atoms with Gasteiger partial charge in [-0.3, -0.25) is 10.1 Å². The third-order valence-electron chi connectivity index (χ3n) is 2.94. The van der Waals surface area contributed by atoms with E-state index in [1.807, 2.05) is 0 Å². The Morgan fingerprint density at radius 2 is 1.75 bits per heavy atom. The maximum Gasteiger partial charge on any atom is 0.416 e. The minimum Gasteiger partial charge on any atom is -0.448 e. The van der Waals surface area contributed by atoms with E-state index in [0.717, 1.165) is 6.07 Å². The topological polar surface area (TPSA) is 72.6 Å². The maximum atomic E-state index is 12.7. The van der Waals surface area contributed by atoms with Crippen LogP contribution in [0.5, 0.6) is 11.5 Å². The molecule has 0 saturated carbocycles. The molecule has 5 nitrogen and oxygen atoms in total. The van der Waals surface area contributed by atoms with E-state index in [1.165, 1.54) is 12.1 Å². The number of aliphatic hydroxyl groups is 1. The van der Waals surface area contributed by atoms with Crippen molar-refractivity contribution in [3.63, 3.8) is 0 Å². The Morgan fingerprint density at radius 1 is 1.17 bits per heavy atom. The quantitative estimate of drug-likeness (QED) is 0.478. The molecular formula is C14H8Br2F3NO4. The van der Waals surface area contributed by atoms with Crippen LogP contribution in [0.4, 0.5) is 18.9 Å². The van der Waals surface area contributed by atoms with E-state index in [4.69, 9.17) is 9.84 Å². The second-order valence-electron chi connectivity index (χ2n) is 4.59. The average molecular weight is 471 g/mol. The van der Waals surface area contributed by atoms with Gasteiger partial charge >= 0.3 is 11.9 Å². The predicted octanol–water partition coefficient (Wildman–Crippen LogP) is 5.42. The van der Waals surface area contributed by atoms with Crippen molar-refractivity contribution < 1.29 is 27.9 Å². The predicted molar refractivity (Wildman–Crippen MR) is 85.9 cm³/mol. The van der Waals surface area contributed by atoms with Crippen molar-refractivity contribution in [1.29, 1.82) is 0 Å². The summed E-state index contributed by atoms with van der Waals surface area (Å²) in [5.74, 6) is -0.207. The van der Waals surface area contributed by atoms with Crippen LogP contribution >= 0.6 is 31.9 Å². The van der Waals surface area contributed by atoms with Crippen LogP contribution in [-0.2, 0) is 12.8 Å². The summed E-state index contributed by atoms with van der Waals surface area (Å²) in [5.41, 5.74) is -1.41. The van der Waals surface area contributed by atoms with Gasteiger partial charge in [-0.15, -0.1) is 0 Å². The summed E-state index contributed by atoms with van der Waals surface area (Å²) in [6.07, 6.45) is -4.70. The number of nitro groups is 1. The van der Waals surface area contributed by atoms with Crippen molar-refractivity contribution in [3.8, 4) is 11.5 Å². The van der Waals surface area contributed by atoms with Crippen LogP contribution in [0, 0.1) is 10.1 Å². The zero-order chi connectivity index (χ0) is 18.1. The Labute approximate surface area is 150 Å². The third-order valence-corrected chi connectivity index (χ3v) is 4.11. The lowest BCUT2D eigenvalue weighted by atomic mass is 10.2. The van der Waals surface area contributed by atoms with Gasteiger partial charge in [0, 0.05) is 6.07 Å². The van der Waals surface area contributed by atoms with Gasteiger partial charge in [0.15, 0.2) is 5.75 Å². The lowest BCUT2D eigenvalue weighted by Gasteiger charge is -2.13. The first-order chi connectivity index (χ1) is 11.1. The van der Waals surface area contributed by atoms with E-state index in [0.29, 0.717) is 26.6 Å². The normalized spacial score (nSPS) is 11.4. The minimum absolute atomic E-state index is 0.134. The molecule has 0 aliphatic carbocycles. The molecule has 10 heteroatoms. The van der Waals surface area contributed by atoms with Crippen molar-refractivity contribution in [1.82, 2.24) is 0 Å². The first-order valence-electron chi connectivity index (χ1n) is 6.25. The number of hydrogen-bond acceptors (Lipinski definition) is 4. The molecule has 0 unspecified atom stereocenters. The molecule has 1 N–H and O–H groups in total. The Hall–Kier alpha value is -1.65.